The molecule has 0 atom stereocenters. The predicted octanol–water partition coefficient (Wildman–Crippen LogP) is 1.60. The summed E-state index contributed by atoms with van der Waals surface area (Å²) >= 11 is 3.13. The number of aromatic nitrogens is 2. The lowest BCUT2D eigenvalue weighted by Gasteiger charge is -2.14. The molecular formula is C8H10BrN3O2. The Hall–Kier alpha value is -1.17. The quantitative estimate of drug-likeness (QED) is 0.769. The summed E-state index contributed by atoms with van der Waals surface area (Å²) in [6.45, 7) is 4.00. The zero-order valence-electron chi connectivity index (χ0n) is 7.87. The highest BCUT2D eigenvalue weighted by molar-refractivity contribution is 9.10. The minimum atomic E-state index is -0.213. The molecule has 5 nitrogen and oxygen atoms in total. The minimum Gasteiger partial charge on any atom is -0.465 e. The Bertz CT molecular complexity index is 343. The first kappa shape index (κ1) is 10.9. The molecule has 0 radical (unpaired) electrons. The van der Waals surface area contributed by atoms with Crippen LogP contribution in [-0.4, -0.2) is 22.5 Å². The highest BCUT2D eigenvalue weighted by Gasteiger charge is 2.18. The van der Waals surface area contributed by atoms with E-state index in [0.29, 0.717) is 16.3 Å². The molecule has 6 heteroatoms. The van der Waals surface area contributed by atoms with Crippen molar-refractivity contribution < 1.29 is 9.53 Å². The van der Waals surface area contributed by atoms with Gasteiger partial charge in [-0.1, -0.05) is 13.8 Å². The fourth-order valence-electron chi connectivity index (χ4n) is 0.846. The molecule has 2 heterocycles. The van der Waals surface area contributed by atoms with Gasteiger partial charge in [-0.15, -0.1) is 0 Å². The fraction of sp³-hybridized carbons (Fsp3) is 0.375. The Balaban J connectivity index is 0.000000461. The number of carbonyl (C=O) groups excluding carboxylic acids is 1. The molecule has 1 aliphatic rings. The SMILES string of the molecule is CC.O=C1COc2ncc(Br)nc2N1. The number of amides is 1. The largest absolute Gasteiger partial charge is 0.465 e. The summed E-state index contributed by atoms with van der Waals surface area (Å²) in [5.74, 6) is 0.508. The summed E-state index contributed by atoms with van der Waals surface area (Å²) in [5.41, 5.74) is 0. The Morgan fingerprint density at radius 3 is 3.00 bits per heavy atom. The van der Waals surface area contributed by atoms with Crippen LogP contribution in [0.5, 0.6) is 5.88 Å². The molecular weight excluding hydrogens is 250 g/mol. The molecule has 14 heavy (non-hydrogen) atoms. The van der Waals surface area contributed by atoms with Gasteiger partial charge in [0.15, 0.2) is 12.4 Å². The van der Waals surface area contributed by atoms with Gasteiger partial charge in [-0.05, 0) is 15.9 Å². The van der Waals surface area contributed by atoms with Gasteiger partial charge in [0.25, 0.3) is 11.8 Å². The molecule has 1 aromatic heterocycles. The van der Waals surface area contributed by atoms with Gasteiger partial charge in [-0.3, -0.25) is 4.79 Å². The number of hydrogen-bond acceptors (Lipinski definition) is 4. The molecule has 0 fully saturated rings. The van der Waals surface area contributed by atoms with E-state index < -0.39 is 0 Å². The van der Waals surface area contributed by atoms with Crippen molar-refractivity contribution in [3.05, 3.63) is 10.8 Å². The predicted molar refractivity (Wildman–Crippen MR) is 55.2 cm³/mol. The maximum Gasteiger partial charge on any atom is 0.263 e. The van der Waals surface area contributed by atoms with Gasteiger partial charge in [0.1, 0.15) is 4.60 Å². The van der Waals surface area contributed by atoms with Crippen molar-refractivity contribution in [1.29, 1.82) is 0 Å². The zero-order chi connectivity index (χ0) is 10.6. The second-order valence-corrected chi connectivity index (χ2v) is 3.00. The summed E-state index contributed by atoms with van der Waals surface area (Å²) in [6, 6.07) is 0. The van der Waals surface area contributed by atoms with Gasteiger partial charge in [-0.2, -0.15) is 0 Å². The van der Waals surface area contributed by atoms with Gasteiger partial charge >= 0.3 is 0 Å². The standard InChI is InChI=1S/C6H4BrN3O2.C2H6/c7-3-1-8-6-5(9-3)10-4(11)2-12-6;1-2/h1H,2H2,(H,9,10,11);1-2H3. The van der Waals surface area contributed by atoms with Gasteiger partial charge in [0.05, 0.1) is 6.20 Å². The first-order valence-corrected chi connectivity index (χ1v) is 5.00. The minimum absolute atomic E-state index is 0.00329. The van der Waals surface area contributed by atoms with Crippen LogP contribution in [0.25, 0.3) is 0 Å². The van der Waals surface area contributed by atoms with Crippen LogP contribution in [-0.2, 0) is 4.79 Å². The third kappa shape index (κ3) is 2.41. The number of fused-ring (bicyclic) bond motifs is 1. The van der Waals surface area contributed by atoms with Crippen LogP contribution in [0.4, 0.5) is 5.82 Å². The first-order valence-electron chi connectivity index (χ1n) is 4.21. The number of ether oxygens (including phenoxy) is 1. The molecule has 76 valence electrons. The first-order chi connectivity index (χ1) is 6.75. The Morgan fingerprint density at radius 1 is 1.57 bits per heavy atom. The van der Waals surface area contributed by atoms with E-state index in [9.17, 15) is 4.79 Å². The summed E-state index contributed by atoms with van der Waals surface area (Å²) in [4.78, 5) is 18.7. The average molecular weight is 260 g/mol. The molecule has 1 N–H and O–H groups in total. The van der Waals surface area contributed by atoms with Crippen molar-refractivity contribution in [2.75, 3.05) is 11.9 Å². The number of nitrogens with zero attached hydrogens (tertiary/aromatic N) is 2. The van der Waals surface area contributed by atoms with Gasteiger partial charge in [0.2, 0.25) is 0 Å². The topological polar surface area (TPSA) is 64.1 Å². The highest BCUT2D eigenvalue weighted by atomic mass is 79.9. The molecule has 0 unspecified atom stereocenters. The monoisotopic (exact) mass is 259 g/mol. The third-order valence-electron chi connectivity index (χ3n) is 1.31. The number of anilines is 1. The van der Waals surface area contributed by atoms with E-state index in [1.54, 1.807) is 0 Å². The Labute approximate surface area is 90.0 Å². The Kier molecular flexibility index (Phi) is 3.82. The van der Waals surface area contributed by atoms with Crippen LogP contribution < -0.4 is 10.1 Å². The number of halogens is 1. The van der Waals surface area contributed by atoms with Crippen molar-refractivity contribution in [2.45, 2.75) is 13.8 Å². The molecule has 0 spiro atoms. The highest BCUT2D eigenvalue weighted by Crippen LogP contribution is 2.23. The third-order valence-corrected chi connectivity index (χ3v) is 1.69. The van der Waals surface area contributed by atoms with Crippen molar-refractivity contribution in [3.8, 4) is 5.88 Å². The normalized spacial score (nSPS) is 12.9. The van der Waals surface area contributed by atoms with Crippen LogP contribution in [0.2, 0.25) is 0 Å². The number of rotatable bonds is 0. The fourth-order valence-corrected chi connectivity index (χ4v) is 1.13. The van der Waals surface area contributed by atoms with E-state index in [-0.39, 0.29) is 12.5 Å². The van der Waals surface area contributed by atoms with Crippen LogP contribution in [0.1, 0.15) is 13.8 Å². The van der Waals surface area contributed by atoms with Crippen LogP contribution in [0.15, 0.2) is 10.8 Å². The molecule has 0 saturated heterocycles. The number of hydrogen-bond donors (Lipinski definition) is 1. The van der Waals surface area contributed by atoms with E-state index in [4.69, 9.17) is 4.74 Å². The lowest BCUT2D eigenvalue weighted by Crippen LogP contribution is -2.26. The Morgan fingerprint density at radius 2 is 2.29 bits per heavy atom. The molecule has 0 saturated carbocycles. The van der Waals surface area contributed by atoms with E-state index in [1.807, 2.05) is 13.8 Å². The summed E-state index contributed by atoms with van der Waals surface area (Å²) in [7, 11) is 0. The molecule has 1 aliphatic heterocycles. The number of nitrogens with one attached hydrogen (secondary N) is 1. The van der Waals surface area contributed by atoms with Gasteiger partial charge in [0, 0.05) is 0 Å². The van der Waals surface area contributed by atoms with Crippen LogP contribution in [0.3, 0.4) is 0 Å². The second kappa shape index (κ2) is 4.90. The molecule has 2 rings (SSSR count). The second-order valence-electron chi connectivity index (χ2n) is 2.18. The van der Waals surface area contributed by atoms with Crippen LogP contribution >= 0.6 is 15.9 Å². The van der Waals surface area contributed by atoms with Crippen molar-refractivity contribution in [1.82, 2.24) is 9.97 Å². The van der Waals surface area contributed by atoms with Gasteiger partial charge < -0.3 is 10.1 Å². The van der Waals surface area contributed by atoms with E-state index in [2.05, 4.69) is 31.2 Å². The van der Waals surface area contributed by atoms with Gasteiger partial charge in [-0.25, -0.2) is 9.97 Å². The lowest BCUT2D eigenvalue weighted by atomic mass is 10.5. The maximum atomic E-state index is 10.8. The molecule has 1 amide bonds. The summed E-state index contributed by atoms with van der Waals surface area (Å²) in [5, 5.41) is 2.53. The smallest absolute Gasteiger partial charge is 0.263 e. The van der Waals surface area contributed by atoms with E-state index in [0.717, 1.165) is 0 Å². The molecule has 0 aliphatic carbocycles. The molecule has 0 bridgehead atoms. The average Bonchev–Trinajstić information content (AvgIpc) is 2.20. The van der Waals surface area contributed by atoms with E-state index >= 15 is 0 Å². The molecule has 0 aromatic carbocycles. The van der Waals surface area contributed by atoms with Crippen molar-refractivity contribution >= 4 is 27.7 Å². The van der Waals surface area contributed by atoms with Crippen molar-refractivity contribution in [2.24, 2.45) is 0 Å². The van der Waals surface area contributed by atoms with Crippen molar-refractivity contribution in [3.63, 3.8) is 0 Å². The zero-order valence-corrected chi connectivity index (χ0v) is 9.46. The van der Waals surface area contributed by atoms with Crippen LogP contribution in [0, 0.1) is 0 Å². The number of carbonyl (C=O) groups is 1. The summed E-state index contributed by atoms with van der Waals surface area (Å²) in [6.07, 6.45) is 1.51. The molecule has 1 aromatic rings. The van der Waals surface area contributed by atoms with E-state index in [1.165, 1.54) is 6.20 Å². The lowest BCUT2D eigenvalue weighted by molar-refractivity contribution is -0.118. The maximum absolute atomic E-state index is 10.8. The summed E-state index contributed by atoms with van der Waals surface area (Å²) < 4.78 is 5.55.